The van der Waals surface area contributed by atoms with Crippen LogP contribution in [0.2, 0.25) is 0 Å². The zero-order valence-corrected chi connectivity index (χ0v) is 10.3. The Hall–Kier alpha value is -1.84. The molecule has 0 unspecified atom stereocenters. The first-order valence-electron chi connectivity index (χ1n) is 5.33. The van der Waals surface area contributed by atoms with Gasteiger partial charge in [-0.05, 0) is 32.4 Å². The maximum atomic E-state index is 12.2. The predicted molar refractivity (Wildman–Crippen MR) is 60.8 cm³/mol. The minimum atomic E-state index is -0.590. The number of esters is 1. The standard InChI is InChI=1S/C13H14O4/c1-7-9(12(15)16-4)10(14)8-5-6-17-11(8)13(7,2)3/h5-6H,1-4H3. The number of carbonyl (C=O) groups excluding carboxylic acids is 2. The van der Waals surface area contributed by atoms with Gasteiger partial charge >= 0.3 is 5.97 Å². The second-order valence-corrected chi connectivity index (χ2v) is 4.61. The van der Waals surface area contributed by atoms with Crippen molar-refractivity contribution in [2.24, 2.45) is 0 Å². The molecule has 1 aromatic heterocycles. The van der Waals surface area contributed by atoms with Crippen LogP contribution >= 0.6 is 0 Å². The molecule has 0 bridgehead atoms. The number of Topliss-reactive ketones (excluding diaryl/α,β-unsaturated/α-hetero) is 1. The highest BCUT2D eigenvalue weighted by atomic mass is 16.5. The highest BCUT2D eigenvalue weighted by Crippen LogP contribution is 2.41. The summed E-state index contributed by atoms with van der Waals surface area (Å²) < 4.78 is 10.0. The Morgan fingerprint density at radius 2 is 2.06 bits per heavy atom. The first-order valence-corrected chi connectivity index (χ1v) is 5.33. The molecule has 90 valence electrons. The minimum Gasteiger partial charge on any atom is -0.468 e. The number of ketones is 1. The minimum absolute atomic E-state index is 0.117. The topological polar surface area (TPSA) is 56.5 Å². The fourth-order valence-corrected chi connectivity index (χ4v) is 2.11. The molecule has 0 spiro atoms. The van der Waals surface area contributed by atoms with E-state index in [9.17, 15) is 9.59 Å². The van der Waals surface area contributed by atoms with Gasteiger partial charge in [-0.1, -0.05) is 0 Å². The molecule has 1 heterocycles. The van der Waals surface area contributed by atoms with Crippen LogP contribution in [0.4, 0.5) is 0 Å². The number of rotatable bonds is 1. The molecule has 1 aromatic rings. The van der Waals surface area contributed by atoms with Crippen LogP contribution in [-0.4, -0.2) is 18.9 Å². The van der Waals surface area contributed by atoms with Crippen LogP contribution in [0.15, 0.2) is 27.9 Å². The Labute approximate surface area is 99.3 Å². The third-order valence-corrected chi connectivity index (χ3v) is 3.41. The lowest BCUT2D eigenvalue weighted by atomic mass is 9.73. The summed E-state index contributed by atoms with van der Waals surface area (Å²) in [6.07, 6.45) is 1.47. The smallest absolute Gasteiger partial charge is 0.341 e. The molecule has 0 aromatic carbocycles. The number of ether oxygens (including phenoxy) is 1. The molecular formula is C13H14O4. The summed E-state index contributed by atoms with van der Waals surface area (Å²) in [5, 5.41) is 0. The van der Waals surface area contributed by atoms with E-state index in [4.69, 9.17) is 4.42 Å². The van der Waals surface area contributed by atoms with Gasteiger partial charge in [-0.15, -0.1) is 0 Å². The first-order chi connectivity index (χ1) is 7.91. The number of allylic oxidation sites excluding steroid dienone is 1. The Morgan fingerprint density at radius 1 is 1.41 bits per heavy atom. The number of fused-ring (bicyclic) bond motifs is 1. The normalized spacial score (nSPS) is 18.0. The Morgan fingerprint density at radius 3 is 2.65 bits per heavy atom. The van der Waals surface area contributed by atoms with E-state index in [0.717, 1.165) is 0 Å². The van der Waals surface area contributed by atoms with Crippen molar-refractivity contribution in [2.45, 2.75) is 26.2 Å². The number of furan rings is 1. The van der Waals surface area contributed by atoms with Crippen LogP contribution in [0.5, 0.6) is 0 Å². The summed E-state index contributed by atoms with van der Waals surface area (Å²) in [5.41, 5.74) is 0.764. The molecule has 4 heteroatoms. The zero-order valence-electron chi connectivity index (χ0n) is 10.3. The lowest BCUT2D eigenvalue weighted by Crippen LogP contribution is -2.32. The van der Waals surface area contributed by atoms with Crippen LogP contribution in [0.25, 0.3) is 0 Å². The Balaban J connectivity index is 2.69. The summed E-state index contributed by atoms with van der Waals surface area (Å²) in [4.78, 5) is 23.8. The van der Waals surface area contributed by atoms with Gasteiger partial charge in [0.15, 0.2) is 0 Å². The predicted octanol–water partition coefficient (Wildman–Crippen LogP) is 2.24. The van der Waals surface area contributed by atoms with E-state index in [1.54, 1.807) is 13.0 Å². The third-order valence-electron chi connectivity index (χ3n) is 3.41. The molecule has 0 fully saturated rings. The number of methoxy groups -OCH3 is 1. The molecular weight excluding hydrogens is 220 g/mol. The van der Waals surface area contributed by atoms with Crippen molar-refractivity contribution in [1.29, 1.82) is 0 Å². The highest BCUT2D eigenvalue weighted by Gasteiger charge is 2.42. The van der Waals surface area contributed by atoms with Crippen LogP contribution in [0.1, 0.15) is 36.9 Å². The monoisotopic (exact) mass is 234 g/mol. The zero-order chi connectivity index (χ0) is 12.8. The molecule has 17 heavy (non-hydrogen) atoms. The average molecular weight is 234 g/mol. The molecule has 2 rings (SSSR count). The maximum absolute atomic E-state index is 12.2. The Kier molecular flexibility index (Phi) is 2.45. The van der Waals surface area contributed by atoms with E-state index >= 15 is 0 Å². The lowest BCUT2D eigenvalue weighted by molar-refractivity contribution is -0.135. The number of hydrogen-bond donors (Lipinski definition) is 0. The molecule has 0 amide bonds. The van der Waals surface area contributed by atoms with Crippen molar-refractivity contribution in [1.82, 2.24) is 0 Å². The van der Waals surface area contributed by atoms with Gasteiger partial charge in [0.25, 0.3) is 0 Å². The fourth-order valence-electron chi connectivity index (χ4n) is 2.11. The average Bonchev–Trinajstić information content (AvgIpc) is 2.76. The second-order valence-electron chi connectivity index (χ2n) is 4.61. The number of carbonyl (C=O) groups is 2. The van der Waals surface area contributed by atoms with E-state index in [1.807, 2.05) is 13.8 Å². The molecule has 0 saturated carbocycles. The van der Waals surface area contributed by atoms with Crippen molar-refractivity contribution in [3.05, 3.63) is 34.8 Å². The summed E-state index contributed by atoms with van der Waals surface area (Å²) in [6.45, 7) is 5.59. The summed E-state index contributed by atoms with van der Waals surface area (Å²) in [5.74, 6) is -0.308. The van der Waals surface area contributed by atoms with Crippen LogP contribution < -0.4 is 0 Å². The van der Waals surface area contributed by atoms with Crippen molar-refractivity contribution < 1.29 is 18.7 Å². The van der Waals surface area contributed by atoms with Gasteiger partial charge in [0.05, 0.1) is 18.9 Å². The number of hydrogen-bond acceptors (Lipinski definition) is 4. The van der Waals surface area contributed by atoms with E-state index in [2.05, 4.69) is 4.74 Å². The maximum Gasteiger partial charge on any atom is 0.341 e. The SMILES string of the molecule is COC(=O)C1=C(C)C(C)(C)c2occc2C1=O. The molecule has 0 N–H and O–H groups in total. The fraction of sp³-hybridized carbons (Fsp3) is 0.385. The van der Waals surface area contributed by atoms with Gasteiger partial charge in [0.1, 0.15) is 11.3 Å². The van der Waals surface area contributed by atoms with Gasteiger partial charge in [0, 0.05) is 5.41 Å². The van der Waals surface area contributed by atoms with Gasteiger partial charge < -0.3 is 9.15 Å². The molecule has 0 radical (unpaired) electrons. The van der Waals surface area contributed by atoms with Crippen molar-refractivity contribution >= 4 is 11.8 Å². The second kappa shape index (κ2) is 3.58. The van der Waals surface area contributed by atoms with Gasteiger partial charge in [-0.2, -0.15) is 0 Å². The van der Waals surface area contributed by atoms with Crippen LogP contribution in [0, 0.1) is 0 Å². The molecule has 4 nitrogen and oxygen atoms in total. The lowest BCUT2D eigenvalue weighted by Gasteiger charge is -2.30. The third kappa shape index (κ3) is 1.44. The van der Waals surface area contributed by atoms with E-state index in [1.165, 1.54) is 13.4 Å². The molecule has 0 aliphatic heterocycles. The summed E-state index contributed by atoms with van der Waals surface area (Å²) in [7, 11) is 1.27. The van der Waals surface area contributed by atoms with Crippen molar-refractivity contribution in [3.8, 4) is 0 Å². The van der Waals surface area contributed by atoms with Gasteiger partial charge in [-0.25, -0.2) is 4.79 Å². The molecule has 0 saturated heterocycles. The summed E-state index contributed by atoms with van der Waals surface area (Å²) >= 11 is 0. The summed E-state index contributed by atoms with van der Waals surface area (Å²) in [6, 6.07) is 1.59. The van der Waals surface area contributed by atoms with E-state index < -0.39 is 11.4 Å². The molecule has 1 aliphatic carbocycles. The Bertz CT molecular complexity index is 531. The molecule has 0 atom stereocenters. The van der Waals surface area contributed by atoms with Crippen molar-refractivity contribution in [2.75, 3.05) is 7.11 Å². The van der Waals surface area contributed by atoms with Crippen LogP contribution in [0.3, 0.4) is 0 Å². The first kappa shape index (κ1) is 11.6. The van der Waals surface area contributed by atoms with Gasteiger partial charge in [0.2, 0.25) is 5.78 Å². The molecule has 1 aliphatic rings. The van der Waals surface area contributed by atoms with Gasteiger partial charge in [-0.3, -0.25) is 4.79 Å². The quantitative estimate of drug-likeness (QED) is 0.552. The highest BCUT2D eigenvalue weighted by molar-refractivity contribution is 6.26. The largest absolute Gasteiger partial charge is 0.468 e. The van der Waals surface area contributed by atoms with E-state index in [-0.39, 0.29) is 11.4 Å². The van der Waals surface area contributed by atoms with Crippen molar-refractivity contribution in [3.63, 3.8) is 0 Å². The van der Waals surface area contributed by atoms with Crippen LogP contribution in [-0.2, 0) is 14.9 Å². The van der Waals surface area contributed by atoms with E-state index in [0.29, 0.717) is 16.9 Å².